The van der Waals surface area contributed by atoms with E-state index in [1.165, 1.54) is 11.1 Å². The first-order valence-corrected chi connectivity index (χ1v) is 7.45. The molecule has 2 aromatic carbocycles. The van der Waals surface area contributed by atoms with Crippen LogP contribution < -0.4 is 5.32 Å². The zero-order valence-electron chi connectivity index (χ0n) is 12.5. The fourth-order valence-corrected chi connectivity index (χ4v) is 2.39. The maximum atomic E-state index is 9.16. The summed E-state index contributed by atoms with van der Waals surface area (Å²) in [7, 11) is 0. The Bertz CT molecular complexity index is 654. The Balaban J connectivity index is 2.20. The first-order chi connectivity index (χ1) is 10.0. The second-order valence-electron chi connectivity index (χ2n) is 5.49. The van der Waals surface area contributed by atoms with E-state index in [-0.39, 0.29) is 6.04 Å². The number of nitriles is 1. The standard InChI is InChI=1S/C18H19ClN2/c1-12(2)14-4-6-15(7-5-14)13(3)21-18-10-17(19)9-8-16(18)11-20/h4-10,12-13,21H,1-3H3. The molecule has 0 heterocycles. The van der Waals surface area contributed by atoms with Gasteiger partial charge in [0, 0.05) is 11.1 Å². The van der Waals surface area contributed by atoms with Crippen molar-refractivity contribution >= 4 is 17.3 Å². The number of halogens is 1. The molecule has 2 rings (SSSR count). The van der Waals surface area contributed by atoms with Gasteiger partial charge in [0.2, 0.25) is 0 Å². The van der Waals surface area contributed by atoms with Crippen molar-refractivity contribution in [3.63, 3.8) is 0 Å². The summed E-state index contributed by atoms with van der Waals surface area (Å²) in [5.74, 6) is 0.528. The first kappa shape index (κ1) is 15.4. The third-order valence-electron chi connectivity index (χ3n) is 3.58. The van der Waals surface area contributed by atoms with Crippen molar-refractivity contribution in [1.29, 1.82) is 5.26 Å². The summed E-state index contributed by atoms with van der Waals surface area (Å²) in [6.45, 7) is 6.44. The van der Waals surface area contributed by atoms with Crippen molar-refractivity contribution in [2.45, 2.75) is 32.7 Å². The second kappa shape index (κ2) is 6.65. The van der Waals surface area contributed by atoms with E-state index < -0.39 is 0 Å². The highest BCUT2D eigenvalue weighted by molar-refractivity contribution is 6.30. The summed E-state index contributed by atoms with van der Waals surface area (Å²) in [6, 6.07) is 16.1. The number of benzene rings is 2. The Morgan fingerprint density at radius 1 is 1.00 bits per heavy atom. The van der Waals surface area contributed by atoms with Gasteiger partial charge >= 0.3 is 0 Å². The van der Waals surface area contributed by atoms with Crippen molar-refractivity contribution in [1.82, 2.24) is 0 Å². The lowest BCUT2D eigenvalue weighted by Gasteiger charge is -2.18. The van der Waals surface area contributed by atoms with Crippen LogP contribution in [0.5, 0.6) is 0 Å². The molecule has 0 aliphatic carbocycles. The van der Waals surface area contributed by atoms with Crippen molar-refractivity contribution in [3.05, 3.63) is 64.2 Å². The molecule has 0 aliphatic heterocycles. The molecule has 0 aromatic heterocycles. The van der Waals surface area contributed by atoms with Crippen LogP contribution in [-0.2, 0) is 0 Å². The Kier molecular flexibility index (Phi) is 4.88. The zero-order chi connectivity index (χ0) is 15.4. The molecule has 21 heavy (non-hydrogen) atoms. The van der Waals surface area contributed by atoms with Crippen molar-refractivity contribution in [2.75, 3.05) is 5.32 Å². The minimum Gasteiger partial charge on any atom is -0.377 e. The monoisotopic (exact) mass is 298 g/mol. The number of hydrogen-bond donors (Lipinski definition) is 1. The smallest absolute Gasteiger partial charge is 0.101 e. The van der Waals surface area contributed by atoms with Crippen LogP contribution in [0.4, 0.5) is 5.69 Å². The van der Waals surface area contributed by atoms with E-state index in [0.29, 0.717) is 16.5 Å². The largest absolute Gasteiger partial charge is 0.377 e. The molecule has 0 aliphatic rings. The maximum absolute atomic E-state index is 9.16. The fraction of sp³-hybridized carbons (Fsp3) is 0.278. The summed E-state index contributed by atoms with van der Waals surface area (Å²) in [4.78, 5) is 0. The minimum atomic E-state index is 0.108. The molecule has 2 nitrogen and oxygen atoms in total. The third kappa shape index (κ3) is 3.77. The van der Waals surface area contributed by atoms with E-state index in [1.54, 1.807) is 18.2 Å². The van der Waals surface area contributed by atoms with Crippen LogP contribution in [0.2, 0.25) is 5.02 Å². The van der Waals surface area contributed by atoms with Crippen molar-refractivity contribution in [3.8, 4) is 6.07 Å². The van der Waals surface area contributed by atoms with Gasteiger partial charge in [-0.15, -0.1) is 0 Å². The second-order valence-corrected chi connectivity index (χ2v) is 5.93. The van der Waals surface area contributed by atoms with Crippen LogP contribution in [0.25, 0.3) is 0 Å². The molecule has 3 heteroatoms. The third-order valence-corrected chi connectivity index (χ3v) is 3.81. The molecule has 1 atom stereocenters. The average Bonchev–Trinajstić information content (AvgIpc) is 2.47. The first-order valence-electron chi connectivity index (χ1n) is 7.07. The molecule has 0 saturated carbocycles. The van der Waals surface area contributed by atoms with Gasteiger partial charge in [0.05, 0.1) is 11.3 Å². The lowest BCUT2D eigenvalue weighted by Crippen LogP contribution is -2.08. The zero-order valence-corrected chi connectivity index (χ0v) is 13.3. The molecule has 0 bridgehead atoms. The van der Waals surface area contributed by atoms with Crippen molar-refractivity contribution < 1.29 is 0 Å². The van der Waals surface area contributed by atoms with Crippen LogP contribution >= 0.6 is 11.6 Å². The Morgan fingerprint density at radius 2 is 1.62 bits per heavy atom. The molecular formula is C18H19ClN2. The highest BCUT2D eigenvalue weighted by Gasteiger charge is 2.09. The average molecular weight is 299 g/mol. The molecule has 1 N–H and O–H groups in total. The number of nitrogens with zero attached hydrogens (tertiary/aromatic N) is 1. The van der Waals surface area contributed by atoms with E-state index in [1.807, 2.05) is 0 Å². The normalized spacial score (nSPS) is 12.0. The van der Waals surface area contributed by atoms with Crippen LogP contribution in [0.15, 0.2) is 42.5 Å². The van der Waals surface area contributed by atoms with Crippen LogP contribution in [0.3, 0.4) is 0 Å². The van der Waals surface area contributed by atoms with Gasteiger partial charge in [-0.05, 0) is 42.2 Å². The van der Waals surface area contributed by atoms with Crippen molar-refractivity contribution in [2.24, 2.45) is 0 Å². The molecule has 0 radical (unpaired) electrons. The van der Waals surface area contributed by atoms with Crippen LogP contribution in [0, 0.1) is 11.3 Å². The predicted octanol–water partition coefficient (Wildman–Crippen LogP) is 5.51. The van der Waals surface area contributed by atoms with E-state index in [2.05, 4.69) is 56.4 Å². The Labute approximate surface area is 131 Å². The van der Waals surface area contributed by atoms with Gasteiger partial charge in [-0.1, -0.05) is 49.7 Å². The number of rotatable bonds is 4. The predicted molar refractivity (Wildman–Crippen MR) is 88.7 cm³/mol. The molecule has 2 aromatic rings. The molecule has 0 amide bonds. The van der Waals surface area contributed by atoms with E-state index in [0.717, 1.165) is 5.69 Å². The van der Waals surface area contributed by atoms with E-state index >= 15 is 0 Å². The Morgan fingerprint density at radius 3 is 2.19 bits per heavy atom. The summed E-state index contributed by atoms with van der Waals surface area (Å²) >= 11 is 6.01. The highest BCUT2D eigenvalue weighted by atomic mass is 35.5. The Hall–Kier alpha value is -1.98. The lowest BCUT2D eigenvalue weighted by molar-refractivity contribution is 0.852. The quantitative estimate of drug-likeness (QED) is 0.808. The van der Waals surface area contributed by atoms with Gasteiger partial charge in [-0.3, -0.25) is 0 Å². The van der Waals surface area contributed by atoms with E-state index in [9.17, 15) is 0 Å². The summed E-state index contributed by atoms with van der Waals surface area (Å²) in [5.41, 5.74) is 3.88. The van der Waals surface area contributed by atoms with Gasteiger partial charge in [-0.25, -0.2) is 0 Å². The lowest BCUT2D eigenvalue weighted by atomic mass is 9.99. The van der Waals surface area contributed by atoms with E-state index in [4.69, 9.17) is 16.9 Å². The van der Waals surface area contributed by atoms with Crippen LogP contribution in [-0.4, -0.2) is 0 Å². The molecule has 0 spiro atoms. The van der Waals surface area contributed by atoms with Gasteiger partial charge < -0.3 is 5.32 Å². The summed E-state index contributed by atoms with van der Waals surface area (Å²) in [6.07, 6.45) is 0. The molecule has 1 unspecified atom stereocenters. The number of anilines is 1. The SMILES string of the molecule is CC(C)c1ccc(C(C)Nc2cc(Cl)ccc2C#N)cc1. The number of nitrogens with one attached hydrogen (secondary N) is 1. The minimum absolute atomic E-state index is 0.108. The van der Waals surface area contributed by atoms with Gasteiger partial charge in [0.25, 0.3) is 0 Å². The molecule has 108 valence electrons. The number of hydrogen-bond acceptors (Lipinski definition) is 2. The highest BCUT2D eigenvalue weighted by Crippen LogP contribution is 2.26. The van der Waals surface area contributed by atoms with Gasteiger partial charge in [0.15, 0.2) is 0 Å². The topological polar surface area (TPSA) is 35.8 Å². The van der Waals surface area contributed by atoms with Gasteiger partial charge in [0.1, 0.15) is 6.07 Å². The molecule has 0 saturated heterocycles. The summed E-state index contributed by atoms with van der Waals surface area (Å²) in [5, 5.41) is 13.1. The molecular weight excluding hydrogens is 280 g/mol. The summed E-state index contributed by atoms with van der Waals surface area (Å²) < 4.78 is 0. The maximum Gasteiger partial charge on any atom is 0.101 e. The molecule has 0 fully saturated rings. The van der Waals surface area contributed by atoms with Crippen LogP contribution in [0.1, 0.15) is 49.4 Å². The fourth-order valence-electron chi connectivity index (χ4n) is 2.22. The van der Waals surface area contributed by atoms with Gasteiger partial charge in [-0.2, -0.15) is 5.26 Å².